The number of rotatable bonds is 0. The van der Waals surface area contributed by atoms with Crippen molar-refractivity contribution >= 4 is 44.4 Å². The van der Waals surface area contributed by atoms with Gasteiger partial charge in [0.15, 0.2) is 0 Å². The van der Waals surface area contributed by atoms with Gasteiger partial charge in [-0.3, -0.25) is 0 Å². The highest BCUT2D eigenvalue weighted by Gasteiger charge is 2.22. The number of aromatic nitrogens is 2. The molecule has 2 aromatic heterocycles. The van der Waals surface area contributed by atoms with Crippen molar-refractivity contribution in [2.45, 2.75) is 0 Å². The highest BCUT2D eigenvalue weighted by Crippen LogP contribution is 2.33. The number of aryl methyl sites for hydroxylation is 1. The number of nitrogens with zero attached hydrogens (tertiary/aromatic N) is 1. The maximum Gasteiger partial charge on any atom is 0.240 e. The minimum Gasteiger partial charge on any atom is -0.346 e. The van der Waals surface area contributed by atoms with E-state index in [4.69, 9.17) is 11.6 Å². The standard InChI is InChI=1S/C16H10ClFN2/c1-20-12-8-3-2-5-9(12)13(17)15-16(20)10-6-4-7-11(18)14(10)19-15/h2-8H,1H3/p+1. The number of nitrogens with one attached hydrogen (secondary N) is 1. The van der Waals surface area contributed by atoms with Crippen molar-refractivity contribution < 1.29 is 8.96 Å². The maximum atomic E-state index is 14.0. The van der Waals surface area contributed by atoms with Crippen molar-refractivity contribution in [2.75, 3.05) is 0 Å². The molecule has 4 heteroatoms. The van der Waals surface area contributed by atoms with Crippen LogP contribution in [-0.2, 0) is 7.05 Å². The van der Waals surface area contributed by atoms with E-state index in [9.17, 15) is 4.39 Å². The largest absolute Gasteiger partial charge is 0.346 e. The number of hydrogen-bond donors (Lipinski definition) is 1. The average Bonchev–Trinajstić information content (AvgIpc) is 2.86. The van der Waals surface area contributed by atoms with E-state index in [1.807, 2.05) is 37.4 Å². The lowest BCUT2D eigenvalue weighted by Gasteiger charge is -2.01. The van der Waals surface area contributed by atoms with Gasteiger partial charge in [0, 0.05) is 6.07 Å². The van der Waals surface area contributed by atoms with Crippen molar-refractivity contribution in [3.63, 3.8) is 0 Å². The topological polar surface area (TPSA) is 19.7 Å². The molecule has 2 aromatic carbocycles. The van der Waals surface area contributed by atoms with E-state index in [1.165, 1.54) is 6.07 Å². The first kappa shape index (κ1) is 11.7. The van der Waals surface area contributed by atoms with Crippen LogP contribution in [0.4, 0.5) is 4.39 Å². The Labute approximate surface area is 119 Å². The minimum atomic E-state index is -0.265. The molecule has 98 valence electrons. The van der Waals surface area contributed by atoms with E-state index >= 15 is 0 Å². The van der Waals surface area contributed by atoms with E-state index in [-0.39, 0.29) is 5.82 Å². The molecule has 0 atom stereocenters. The Balaban J connectivity index is 2.39. The molecule has 0 saturated heterocycles. The maximum absolute atomic E-state index is 14.0. The molecule has 0 aliphatic heterocycles. The van der Waals surface area contributed by atoms with Gasteiger partial charge in [0.05, 0.1) is 21.3 Å². The zero-order chi connectivity index (χ0) is 13.9. The zero-order valence-corrected chi connectivity index (χ0v) is 11.5. The summed E-state index contributed by atoms with van der Waals surface area (Å²) in [6, 6.07) is 13.0. The first-order chi connectivity index (χ1) is 9.68. The summed E-state index contributed by atoms with van der Waals surface area (Å²) in [6.07, 6.45) is 0. The van der Waals surface area contributed by atoms with Gasteiger partial charge in [-0.15, -0.1) is 0 Å². The van der Waals surface area contributed by atoms with Gasteiger partial charge in [-0.25, -0.2) is 4.39 Å². The summed E-state index contributed by atoms with van der Waals surface area (Å²) in [7, 11) is 1.97. The smallest absolute Gasteiger partial charge is 0.240 e. The molecule has 0 bridgehead atoms. The fourth-order valence-corrected chi connectivity index (χ4v) is 3.18. The molecule has 4 aromatic rings. The van der Waals surface area contributed by atoms with Crippen LogP contribution in [0.5, 0.6) is 0 Å². The minimum absolute atomic E-state index is 0.265. The first-order valence-electron chi connectivity index (χ1n) is 6.34. The third-order valence-corrected chi connectivity index (χ3v) is 4.20. The third kappa shape index (κ3) is 1.36. The van der Waals surface area contributed by atoms with E-state index in [0.29, 0.717) is 10.5 Å². The van der Waals surface area contributed by atoms with Gasteiger partial charge in [0.1, 0.15) is 18.4 Å². The molecule has 1 N–H and O–H groups in total. The van der Waals surface area contributed by atoms with Gasteiger partial charge in [-0.2, -0.15) is 4.57 Å². The lowest BCUT2D eigenvalue weighted by Crippen LogP contribution is -2.29. The number of H-pyrrole nitrogens is 1. The molecule has 0 amide bonds. The molecule has 2 nitrogen and oxygen atoms in total. The number of benzene rings is 2. The molecule has 0 unspecified atom stereocenters. The Morgan fingerprint density at radius 2 is 1.75 bits per heavy atom. The number of pyridine rings is 1. The van der Waals surface area contributed by atoms with Gasteiger partial charge in [0.2, 0.25) is 11.0 Å². The van der Waals surface area contributed by atoms with Crippen LogP contribution in [0, 0.1) is 5.82 Å². The van der Waals surface area contributed by atoms with Crippen molar-refractivity contribution in [3.05, 3.63) is 53.3 Å². The SMILES string of the molecule is C[n+]1c2ccccc2c(Cl)c2[nH]c3c(F)cccc3c21. The summed E-state index contributed by atoms with van der Waals surface area (Å²) < 4.78 is 16.0. The number of aromatic amines is 1. The molecular formula is C16H11ClFN2+. The van der Waals surface area contributed by atoms with Gasteiger partial charge in [-0.1, -0.05) is 29.8 Å². The highest BCUT2D eigenvalue weighted by atomic mass is 35.5. The van der Waals surface area contributed by atoms with E-state index in [2.05, 4.69) is 9.55 Å². The van der Waals surface area contributed by atoms with Gasteiger partial charge >= 0.3 is 0 Å². The van der Waals surface area contributed by atoms with E-state index < -0.39 is 0 Å². The summed E-state index contributed by atoms with van der Waals surface area (Å²) >= 11 is 6.50. The predicted molar refractivity (Wildman–Crippen MR) is 79.5 cm³/mol. The zero-order valence-electron chi connectivity index (χ0n) is 10.7. The molecule has 0 radical (unpaired) electrons. The monoisotopic (exact) mass is 285 g/mol. The lowest BCUT2D eigenvalue weighted by molar-refractivity contribution is -0.616. The Morgan fingerprint density at radius 3 is 2.60 bits per heavy atom. The molecule has 0 fully saturated rings. The molecule has 2 heterocycles. The van der Waals surface area contributed by atoms with Gasteiger partial charge in [0.25, 0.3) is 0 Å². The number of halogens is 2. The van der Waals surface area contributed by atoms with Gasteiger partial charge in [-0.05, 0) is 18.2 Å². The van der Waals surface area contributed by atoms with Crippen molar-refractivity contribution in [2.24, 2.45) is 7.05 Å². The van der Waals surface area contributed by atoms with Crippen LogP contribution >= 0.6 is 11.6 Å². The molecule has 0 saturated carbocycles. The molecular weight excluding hydrogens is 275 g/mol. The second-order valence-corrected chi connectivity index (χ2v) is 5.28. The van der Waals surface area contributed by atoms with E-state index in [1.54, 1.807) is 6.07 Å². The Morgan fingerprint density at radius 1 is 1.00 bits per heavy atom. The fraction of sp³-hybridized carbons (Fsp3) is 0.0625. The fourth-order valence-electron chi connectivity index (χ4n) is 2.88. The van der Waals surface area contributed by atoms with Crippen LogP contribution in [0.2, 0.25) is 5.02 Å². The Kier molecular flexibility index (Phi) is 2.30. The van der Waals surface area contributed by atoms with Crippen molar-refractivity contribution in [3.8, 4) is 0 Å². The summed E-state index contributed by atoms with van der Waals surface area (Å²) in [6.45, 7) is 0. The molecule has 0 aliphatic carbocycles. The van der Waals surface area contributed by atoms with Gasteiger partial charge < -0.3 is 4.98 Å². The molecule has 4 rings (SSSR count). The third-order valence-electron chi connectivity index (χ3n) is 3.81. The normalized spacial score (nSPS) is 11.8. The van der Waals surface area contributed by atoms with Crippen LogP contribution in [-0.4, -0.2) is 4.98 Å². The number of fused-ring (bicyclic) bond motifs is 4. The first-order valence-corrected chi connectivity index (χ1v) is 6.72. The summed E-state index contributed by atoms with van der Waals surface area (Å²) in [4.78, 5) is 3.12. The molecule has 0 aliphatic rings. The van der Waals surface area contributed by atoms with E-state index in [0.717, 1.165) is 27.3 Å². The summed E-state index contributed by atoms with van der Waals surface area (Å²) in [5.74, 6) is -0.265. The number of para-hydroxylation sites is 2. The highest BCUT2D eigenvalue weighted by molar-refractivity contribution is 6.40. The second-order valence-electron chi connectivity index (χ2n) is 4.90. The van der Waals surface area contributed by atoms with Crippen LogP contribution < -0.4 is 4.57 Å². The van der Waals surface area contributed by atoms with Crippen molar-refractivity contribution in [1.82, 2.24) is 4.98 Å². The predicted octanol–water partition coefficient (Wildman–Crippen LogP) is 4.09. The lowest BCUT2D eigenvalue weighted by atomic mass is 10.1. The van der Waals surface area contributed by atoms with Crippen LogP contribution in [0.25, 0.3) is 32.8 Å². The second kappa shape index (κ2) is 3.93. The number of hydrogen-bond acceptors (Lipinski definition) is 0. The summed E-state index contributed by atoms with van der Waals surface area (Å²) in [5, 5.41) is 2.43. The van der Waals surface area contributed by atoms with Crippen LogP contribution in [0.1, 0.15) is 0 Å². The average molecular weight is 286 g/mol. The molecule has 20 heavy (non-hydrogen) atoms. The van der Waals surface area contributed by atoms with Crippen LogP contribution in [0.15, 0.2) is 42.5 Å². The van der Waals surface area contributed by atoms with Crippen molar-refractivity contribution in [1.29, 1.82) is 0 Å². The molecule has 0 spiro atoms. The Bertz CT molecular complexity index is 988. The Hall–Kier alpha value is -2.13. The quantitative estimate of drug-likeness (QED) is 0.470. The summed E-state index contributed by atoms with van der Waals surface area (Å²) in [5.41, 5.74) is 3.21. The van der Waals surface area contributed by atoms with Crippen LogP contribution in [0.3, 0.4) is 0 Å².